The van der Waals surface area contributed by atoms with Crippen molar-refractivity contribution in [2.24, 2.45) is 0 Å². The monoisotopic (exact) mass is 249 g/mol. The number of H-pyrrole nitrogens is 1. The highest BCUT2D eigenvalue weighted by molar-refractivity contribution is 6.30. The lowest BCUT2D eigenvalue weighted by atomic mass is 10.1. The third-order valence-electron chi connectivity index (χ3n) is 2.72. The van der Waals surface area contributed by atoms with Crippen LogP contribution in [0, 0.1) is 0 Å². The molecule has 17 heavy (non-hydrogen) atoms. The minimum atomic E-state index is 0.265. The maximum absolute atomic E-state index is 5.85. The molecular formula is C13H16ClN3. The minimum absolute atomic E-state index is 0.265. The summed E-state index contributed by atoms with van der Waals surface area (Å²) >= 11 is 5.85. The predicted octanol–water partition coefficient (Wildman–Crippen LogP) is 3.30. The van der Waals surface area contributed by atoms with Crippen LogP contribution in [0.2, 0.25) is 5.02 Å². The second kappa shape index (κ2) is 5.84. The van der Waals surface area contributed by atoms with Crippen LogP contribution in [0.1, 0.15) is 30.8 Å². The highest BCUT2D eigenvalue weighted by Gasteiger charge is 2.10. The number of nitrogens with zero attached hydrogens (tertiary/aromatic N) is 1. The van der Waals surface area contributed by atoms with Crippen LogP contribution in [0.15, 0.2) is 36.7 Å². The van der Waals surface area contributed by atoms with Crippen molar-refractivity contribution >= 4 is 11.6 Å². The van der Waals surface area contributed by atoms with Gasteiger partial charge in [0, 0.05) is 24.0 Å². The number of rotatable bonds is 5. The van der Waals surface area contributed by atoms with Crippen LogP contribution >= 0.6 is 11.6 Å². The van der Waals surface area contributed by atoms with Crippen LogP contribution in [-0.4, -0.2) is 9.97 Å². The van der Waals surface area contributed by atoms with Crippen LogP contribution < -0.4 is 5.32 Å². The molecule has 0 saturated carbocycles. The van der Waals surface area contributed by atoms with E-state index in [0.29, 0.717) is 0 Å². The quantitative estimate of drug-likeness (QED) is 0.854. The van der Waals surface area contributed by atoms with Gasteiger partial charge in [0.2, 0.25) is 0 Å². The molecule has 0 fully saturated rings. The Bertz CT molecular complexity index is 436. The lowest BCUT2D eigenvalue weighted by Crippen LogP contribution is -2.21. The predicted molar refractivity (Wildman–Crippen MR) is 69.9 cm³/mol. The fourth-order valence-electron chi connectivity index (χ4n) is 1.75. The van der Waals surface area contributed by atoms with E-state index in [2.05, 4.69) is 22.2 Å². The molecule has 0 aliphatic rings. The number of imidazole rings is 1. The molecule has 0 spiro atoms. The van der Waals surface area contributed by atoms with Crippen LogP contribution in [-0.2, 0) is 6.54 Å². The van der Waals surface area contributed by atoms with Gasteiger partial charge in [-0.1, -0.05) is 30.7 Å². The van der Waals surface area contributed by atoms with Crippen molar-refractivity contribution in [1.29, 1.82) is 0 Å². The Morgan fingerprint density at radius 1 is 1.35 bits per heavy atom. The molecule has 0 amide bonds. The van der Waals surface area contributed by atoms with Gasteiger partial charge in [-0.3, -0.25) is 0 Å². The smallest absolute Gasteiger partial charge is 0.123 e. The van der Waals surface area contributed by atoms with Gasteiger partial charge < -0.3 is 10.3 Å². The van der Waals surface area contributed by atoms with E-state index in [0.717, 1.165) is 23.8 Å². The molecule has 2 aromatic rings. The maximum atomic E-state index is 5.85. The van der Waals surface area contributed by atoms with Crippen molar-refractivity contribution in [3.63, 3.8) is 0 Å². The van der Waals surface area contributed by atoms with E-state index in [9.17, 15) is 0 Å². The van der Waals surface area contributed by atoms with Crippen molar-refractivity contribution in [3.8, 4) is 0 Å². The van der Waals surface area contributed by atoms with Gasteiger partial charge >= 0.3 is 0 Å². The number of aromatic nitrogens is 2. The zero-order valence-corrected chi connectivity index (χ0v) is 10.5. The largest absolute Gasteiger partial charge is 0.347 e. The van der Waals surface area contributed by atoms with Crippen molar-refractivity contribution < 1.29 is 0 Å². The normalized spacial score (nSPS) is 12.6. The third-order valence-corrected chi connectivity index (χ3v) is 2.98. The number of hydrogen-bond acceptors (Lipinski definition) is 2. The molecule has 2 N–H and O–H groups in total. The lowest BCUT2D eigenvalue weighted by Gasteiger charge is -2.14. The van der Waals surface area contributed by atoms with E-state index >= 15 is 0 Å². The number of nitrogens with one attached hydrogen (secondary N) is 2. The molecule has 0 radical (unpaired) electrons. The number of benzene rings is 1. The molecule has 0 bridgehead atoms. The summed E-state index contributed by atoms with van der Waals surface area (Å²) in [5.74, 6) is 0.987. The average molecular weight is 250 g/mol. The second-order valence-corrected chi connectivity index (χ2v) is 4.38. The first-order valence-electron chi connectivity index (χ1n) is 5.76. The Kier molecular flexibility index (Phi) is 4.18. The van der Waals surface area contributed by atoms with E-state index in [1.54, 1.807) is 6.20 Å². The van der Waals surface area contributed by atoms with Crippen molar-refractivity contribution in [2.75, 3.05) is 0 Å². The molecular weight excluding hydrogens is 234 g/mol. The number of hydrogen-bond donors (Lipinski definition) is 2. The third kappa shape index (κ3) is 3.32. The Labute approximate surface area is 106 Å². The molecule has 90 valence electrons. The number of aromatic amines is 1. The Morgan fingerprint density at radius 3 is 2.71 bits per heavy atom. The van der Waals surface area contributed by atoms with Gasteiger partial charge in [0.05, 0.1) is 6.04 Å². The SMILES string of the molecule is CCC(NCc1ccc(Cl)cc1)c1ncc[nH]1. The van der Waals surface area contributed by atoms with Crippen molar-refractivity contribution in [1.82, 2.24) is 15.3 Å². The molecule has 0 saturated heterocycles. The van der Waals surface area contributed by atoms with E-state index in [-0.39, 0.29) is 6.04 Å². The molecule has 1 aromatic carbocycles. The summed E-state index contributed by atoms with van der Waals surface area (Å²) in [6.45, 7) is 2.96. The first-order valence-corrected chi connectivity index (χ1v) is 6.14. The second-order valence-electron chi connectivity index (χ2n) is 3.94. The van der Waals surface area contributed by atoms with E-state index in [4.69, 9.17) is 11.6 Å². The molecule has 1 atom stereocenters. The van der Waals surface area contributed by atoms with Gasteiger partial charge in [-0.25, -0.2) is 4.98 Å². The van der Waals surface area contributed by atoms with Gasteiger partial charge in [-0.05, 0) is 24.1 Å². The highest BCUT2D eigenvalue weighted by atomic mass is 35.5. The summed E-state index contributed by atoms with van der Waals surface area (Å²) in [7, 11) is 0. The molecule has 0 aliphatic carbocycles. The standard InChI is InChI=1S/C13H16ClN3/c1-2-12(13-15-7-8-16-13)17-9-10-3-5-11(14)6-4-10/h3-8,12,17H,2,9H2,1H3,(H,15,16). The topological polar surface area (TPSA) is 40.7 Å². The van der Waals surface area contributed by atoms with Gasteiger partial charge in [-0.15, -0.1) is 0 Å². The summed E-state index contributed by atoms with van der Waals surface area (Å²) in [5, 5.41) is 4.24. The maximum Gasteiger partial charge on any atom is 0.123 e. The van der Waals surface area contributed by atoms with Gasteiger partial charge in [0.1, 0.15) is 5.82 Å². The molecule has 3 nitrogen and oxygen atoms in total. The van der Waals surface area contributed by atoms with Crippen LogP contribution in [0.3, 0.4) is 0 Å². The zero-order chi connectivity index (χ0) is 12.1. The number of halogens is 1. The summed E-state index contributed by atoms with van der Waals surface area (Å²) < 4.78 is 0. The van der Waals surface area contributed by atoms with Crippen LogP contribution in [0.5, 0.6) is 0 Å². The lowest BCUT2D eigenvalue weighted by molar-refractivity contribution is 0.498. The van der Waals surface area contributed by atoms with Crippen LogP contribution in [0.25, 0.3) is 0 Å². The van der Waals surface area contributed by atoms with Crippen LogP contribution in [0.4, 0.5) is 0 Å². The summed E-state index contributed by atoms with van der Waals surface area (Å²) in [4.78, 5) is 7.41. The van der Waals surface area contributed by atoms with E-state index < -0.39 is 0 Å². The van der Waals surface area contributed by atoms with E-state index in [1.807, 2.05) is 30.5 Å². The molecule has 0 aliphatic heterocycles. The highest BCUT2D eigenvalue weighted by Crippen LogP contribution is 2.14. The Balaban J connectivity index is 1.94. The average Bonchev–Trinajstić information content (AvgIpc) is 2.86. The van der Waals surface area contributed by atoms with Crippen molar-refractivity contribution in [2.45, 2.75) is 25.9 Å². The molecule has 1 unspecified atom stereocenters. The molecule has 1 heterocycles. The van der Waals surface area contributed by atoms with Gasteiger partial charge in [0.25, 0.3) is 0 Å². The van der Waals surface area contributed by atoms with Crippen molar-refractivity contribution in [3.05, 3.63) is 53.1 Å². The Morgan fingerprint density at radius 2 is 2.12 bits per heavy atom. The molecule has 2 rings (SSSR count). The first-order chi connectivity index (χ1) is 8.29. The first kappa shape index (κ1) is 12.1. The minimum Gasteiger partial charge on any atom is -0.347 e. The summed E-state index contributed by atoms with van der Waals surface area (Å²) in [6, 6.07) is 8.15. The summed E-state index contributed by atoms with van der Waals surface area (Å²) in [6.07, 6.45) is 4.63. The fraction of sp³-hybridized carbons (Fsp3) is 0.308. The van der Waals surface area contributed by atoms with Gasteiger partial charge in [0.15, 0.2) is 0 Å². The summed E-state index contributed by atoms with van der Waals surface area (Å²) in [5.41, 5.74) is 1.22. The fourth-order valence-corrected chi connectivity index (χ4v) is 1.87. The van der Waals surface area contributed by atoms with Gasteiger partial charge in [-0.2, -0.15) is 0 Å². The van der Waals surface area contributed by atoms with E-state index in [1.165, 1.54) is 5.56 Å². The molecule has 4 heteroatoms. The Hall–Kier alpha value is -1.32. The molecule has 1 aromatic heterocycles. The zero-order valence-electron chi connectivity index (χ0n) is 9.78.